The summed E-state index contributed by atoms with van der Waals surface area (Å²) < 4.78 is 6.19. The molecule has 1 aromatic rings. The molecule has 0 atom stereocenters. The van der Waals surface area contributed by atoms with E-state index in [9.17, 15) is 0 Å². The molecule has 0 radical (unpaired) electrons. The maximum atomic E-state index is 9.09. The highest BCUT2D eigenvalue weighted by atomic mass is 28.4. The van der Waals surface area contributed by atoms with Crippen LogP contribution in [0.15, 0.2) is 18.2 Å². The van der Waals surface area contributed by atoms with Crippen molar-refractivity contribution in [2.24, 2.45) is 0 Å². The average molecular weight is 247 g/mol. The predicted octanol–water partition coefficient (Wildman–Crippen LogP) is 4.25. The molecule has 0 spiro atoms. The Morgan fingerprint density at radius 3 is 2.29 bits per heavy atom. The SMILES string of the molecule is Cc1ccc(C#N)c(O[Si](C)(C)C(C)(C)C)c1. The molecule has 0 N–H and O–H groups in total. The lowest BCUT2D eigenvalue weighted by molar-refractivity contribution is 0.490. The molecule has 0 saturated heterocycles. The molecular formula is C14H21NOSi. The Labute approximate surface area is 105 Å². The maximum Gasteiger partial charge on any atom is 0.250 e. The van der Waals surface area contributed by atoms with Crippen molar-refractivity contribution in [3.63, 3.8) is 0 Å². The molecule has 0 aliphatic heterocycles. The van der Waals surface area contributed by atoms with Gasteiger partial charge in [-0.2, -0.15) is 5.26 Å². The molecule has 0 amide bonds. The number of rotatable bonds is 2. The summed E-state index contributed by atoms with van der Waals surface area (Å²) in [4.78, 5) is 0. The highest BCUT2D eigenvalue weighted by Crippen LogP contribution is 2.38. The Morgan fingerprint density at radius 1 is 1.24 bits per heavy atom. The van der Waals surface area contributed by atoms with Crippen LogP contribution in [-0.2, 0) is 0 Å². The lowest BCUT2D eigenvalue weighted by Crippen LogP contribution is -2.44. The van der Waals surface area contributed by atoms with Crippen LogP contribution in [0, 0.1) is 18.3 Å². The van der Waals surface area contributed by atoms with Gasteiger partial charge in [0.25, 0.3) is 8.32 Å². The van der Waals surface area contributed by atoms with Gasteiger partial charge in [0.15, 0.2) is 0 Å². The average Bonchev–Trinajstić information content (AvgIpc) is 2.15. The van der Waals surface area contributed by atoms with Crippen LogP contribution in [0.3, 0.4) is 0 Å². The first-order valence-electron chi connectivity index (χ1n) is 5.87. The van der Waals surface area contributed by atoms with E-state index in [-0.39, 0.29) is 5.04 Å². The van der Waals surface area contributed by atoms with Crippen LogP contribution in [0.1, 0.15) is 31.9 Å². The number of benzene rings is 1. The molecule has 2 nitrogen and oxygen atoms in total. The van der Waals surface area contributed by atoms with Gasteiger partial charge in [0.05, 0.1) is 5.56 Å². The van der Waals surface area contributed by atoms with Crippen molar-refractivity contribution in [3.05, 3.63) is 29.3 Å². The van der Waals surface area contributed by atoms with Crippen LogP contribution in [0.5, 0.6) is 5.75 Å². The van der Waals surface area contributed by atoms with E-state index < -0.39 is 8.32 Å². The number of hydrogen-bond donors (Lipinski definition) is 0. The van der Waals surface area contributed by atoms with Gasteiger partial charge in [-0.15, -0.1) is 0 Å². The molecule has 0 fully saturated rings. The lowest BCUT2D eigenvalue weighted by Gasteiger charge is -2.36. The van der Waals surface area contributed by atoms with Gasteiger partial charge in [-0.25, -0.2) is 0 Å². The minimum Gasteiger partial charge on any atom is -0.543 e. The topological polar surface area (TPSA) is 33.0 Å². The second kappa shape index (κ2) is 4.54. The molecular weight excluding hydrogens is 226 g/mol. The van der Waals surface area contributed by atoms with Crippen molar-refractivity contribution in [1.82, 2.24) is 0 Å². The smallest absolute Gasteiger partial charge is 0.250 e. The third-order valence-corrected chi connectivity index (χ3v) is 7.77. The second-order valence-electron chi connectivity index (χ2n) is 5.97. The van der Waals surface area contributed by atoms with E-state index in [4.69, 9.17) is 9.69 Å². The molecule has 0 bridgehead atoms. The minimum absolute atomic E-state index is 0.142. The van der Waals surface area contributed by atoms with E-state index in [2.05, 4.69) is 39.9 Å². The predicted molar refractivity (Wildman–Crippen MR) is 73.7 cm³/mol. The van der Waals surface area contributed by atoms with Gasteiger partial charge in [0.1, 0.15) is 11.8 Å². The van der Waals surface area contributed by atoms with Crippen molar-refractivity contribution < 1.29 is 4.43 Å². The fourth-order valence-corrected chi connectivity index (χ4v) is 2.26. The van der Waals surface area contributed by atoms with Crippen LogP contribution in [-0.4, -0.2) is 8.32 Å². The van der Waals surface area contributed by atoms with Gasteiger partial charge >= 0.3 is 0 Å². The molecule has 0 unspecified atom stereocenters. The van der Waals surface area contributed by atoms with Gasteiger partial charge < -0.3 is 4.43 Å². The number of nitrogens with zero attached hydrogens (tertiary/aromatic N) is 1. The molecule has 1 aromatic carbocycles. The fraction of sp³-hybridized carbons (Fsp3) is 0.500. The van der Waals surface area contributed by atoms with E-state index >= 15 is 0 Å². The Kier molecular flexibility index (Phi) is 3.68. The molecule has 0 heterocycles. The zero-order valence-electron chi connectivity index (χ0n) is 11.6. The highest BCUT2D eigenvalue weighted by Gasteiger charge is 2.39. The molecule has 0 saturated carbocycles. The molecule has 0 aromatic heterocycles. The van der Waals surface area contributed by atoms with Crippen LogP contribution in [0.25, 0.3) is 0 Å². The van der Waals surface area contributed by atoms with E-state index in [1.165, 1.54) is 0 Å². The zero-order chi connectivity index (χ0) is 13.3. The summed E-state index contributed by atoms with van der Waals surface area (Å²) in [7, 11) is -1.87. The maximum absolute atomic E-state index is 9.09. The van der Waals surface area contributed by atoms with E-state index in [1.807, 2.05) is 25.1 Å². The molecule has 0 aliphatic rings. The van der Waals surface area contributed by atoms with Crippen LogP contribution in [0.4, 0.5) is 0 Å². The van der Waals surface area contributed by atoms with Crippen molar-refractivity contribution in [3.8, 4) is 11.8 Å². The minimum atomic E-state index is -1.87. The first kappa shape index (κ1) is 13.8. The summed E-state index contributed by atoms with van der Waals surface area (Å²) in [6.45, 7) is 13.0. The first-order chi connectivity index (χ1) is 7.67. The van der Waals surface area contributed by atoms with E-state index in [0.29, 0.717) is 5.56 Å². The number of hydrogen-bond acceptors (Lipinski definition) is 2. The van der Waals surface area contributed by atoms with Gasteiger partial charge in [0.2, 0.25) is 0 Å². The summed E-state index contributed by atoms with van der Waals surface area (Å²) >= 11 is 0. The second-order valence-corrected chi connectivity index (χ2v) is 10.7. The van der Waals surface area contributed by atoms with Gasteiger partial charge in [-0.05, 0) is 42.8 Å². The third kappa shape index (κ3) is 3.10. The Hall–Kier alpha value is -1.27. The largest absolute Gasteiger partial charge is 0.543 e. The zero-order valence-corrected chi connectivity index (χ0v) is 12.6. The quantitative estimate of drug-likeness (QED) is 0.732. The first-order valence-corrected chi connectivity index (χ1v) is 8.78. The number of aryl methyl sites for hydroxylation is 1. The van der Waals surface area contributed by atoms with Crippen molar-refractivity contribution in [2.45, 2.75) is 45.8 Å². The van der Waals surface area contributed by atoms with E-state index in [1.54, 1.807) is 0 Å². The highest BCUT2D eigenvalue weighted by molar-refractivity contribution is 6.74. The normalized spacial score (nSPS) is 12.1. The fourth-order valence-electron chi connectivity index (χ4n) is 1.23. The summed E-state index contributed by atoms with van der Waals surface area (Å²) in [5.74, 6) is 0.735. The Bertz CT molecular complexity index is 452. The van der Waals surface area contributed by atoms with Crippen LogP contribution in [0.2, 0.25) is 18.1 Å². The molecule has 1 rings (SSSR count). The Balaban J connectivity index is 3.12. The molecule has 0 aliphatic carbocycles. The summed E-state index contributed by atoms with van der Waals surface area (Å²) in [6.07, 6.45) is 0. The number of nitriles is 1. The summed E-state index contributed by atoms with van der Waals surface area (Å²) in [6, 6.07) is 7.92. The van der Waals surface area contributed by atoms with Crippen LogP contribution >= 0.6 is 0 Å². The van der Waals surface area contributed by atoms with E-state index in [0.717, 1.165) is 11.3 Å². The monoisotopic (exact) mass is 247 g/mol. The van der Waals surface area contributed by atoms with Gasteiger partial charge in [-0.3, -0.25) is 0 Å². The van der Waals surface area contributed by atoms with Crippen molar-refractivity contribution >= 4 is 8.32 Å². The third-order valence-electron chi connectivity index (χ3n) is 3.43. The van der Waals surface area contributed by atoms with Gasteiger partial charge in [-0.1, -0.05) is 26.8 Å². The molecule has 3 heteroatoms. The molecule has 17 heavy (non-hydrogen) atoms. The Morgan fingerprint density at radius 2 is 1.82 bits per heavy atom. The van der Waals surface area contributed by atoms with Crippen LogP contribution < -0.4 is 4.43 Å². The summed E-state index contributed by atoms with van der Waals surface area (Å²) in [5.41, 5.74) is 1.75. The van der Waals surface area contributed by atoms with Gasteiger partial charge in [0, 0.05) is 0 Å². The summed E-state index contributed by atoms with van der Waals surface area (Å²) in [5, 5.41) is 9.24. The lowest BCUT2D eigenvalue weighted by atomic mass is 10.1. The van der Waals surface area contributed by atoms with Crippen molar-refractivity contribution in [1.29, 1.82) is 5.26 Å². The molecule has 92 valence electrons. The van der Waals surface area contributed by atoms with Crippen molar-refractivity contribution in [2.75, 3.05) is 0 Å². The standard InChI is InChI=1S/C14H21NOSi/c1-11-7-8-12(10-15)13(9-11)16-17(5,6)14(2,3)4/h7-9H,1-6H3.